The molecule has 5 rings (SSSR count). The summed E-state index contributed by atoms with van der Waals surface area (Å²) in [6.45, 7) is 4.85. The summed E-state index contributed by atoms with van der Waals surface area (Å²) >= 11 is 0. The fourth-order valence-corrected chi connectivity index (χ4v) is 4.32. The highest BCUT2D eigenvalue weighted by Crippen LogP contribution is 2.40. The van der Waals surface area contributed by atoms with Crippen molar-refractivity contribution < 1.29 is 14.3 Å². The molecule has 2 aromatic rings. The number of nitrogens with zero attached hydrogens (tertiary/aromatic N) is 4. The van der Waals surface area contributed by atoms with E-state index in [1.54, 1.807) is 12.4 Å². The van der Waals surface area contributed by atoms with Crippen molar-refractivity contribution in [1.82, 2.24) is 20.2 Å². The molecule has 8 heteroatoms. The number of amides is 2. The van der Waals surface area contributed by atoms with Crippen LogP contribution in [0.15, 0.2) is 24.5 Å². The molecule has 0 spiro atoms. The number of ether oxygens (including phenoxy) is 2. The summed E-state index contributed by atoms with van der Waals surface area (Å²) in [6.07, 6.45) is 6.10. The Morgan fingerprint density at radius 3 is 2.69 bits per heavy atom. The molecule has 0 unspecified atom stereocenters. The molecule has 1 aromatic carbocycles. The van der Waals surface area contributed by atoms with Gasteiger partial charge in [0.15, 0.2) is 0 Å². The highest BCUT2D eigenvalue weighted by atomic mass is 16.5. The smallest absolute Gasteiger partial charge is 0.317 e. The van der Waals surface area contributed by atoms with Crippen molar-refractivity contribution in [3.63, 3.8) is 0 Å². The number of piperazine rings is 1. The third-order valence-electron chi connectivity index (χ3n) is 5.81. The molecular formula is C21H25N5O3. The van der Waals surface area contributed by atoms with E-state index >= 15 is 0 Å². The number of anilines is 1. The van der Waals surface area contributed by atoms with Gasteiger partial charge in [-0.3, -0.25) is 0 Å². The Bertz CT molecular complexity index is 865. The predicted octanol–water partition coefficient (Wildman–Crippen LogP) is 1.42. The summed E-state index contributed by atoms with van der Waals surface area (Å²) in [7, 11) is 0. The van der Waals surface area contributed by atoms with Crippen LogP contribution in [0.25, 0.3) is 0 Å². The van der Waals surface area contributed by atoms with Gasteiger partial charge in [0.05, 0.1) is 13.2 Å². The van der Waals surface area contributed by atoms with Crippen LogP contribution < -0.4 is 19.7 Å². The van der Waals surface area contributed by atoms with Crippen LogP contribution in [0.5, 0.6) is 11.5 Å². The highest BCUT2D eigenvalue weighted by molar-refractivity contribution is 5.74. The first-order valence-corrected chi connectivity index (χ1v) is 10.3. The summed E-state index contributed by atoms with van der Waals surface area (Å²) in [5, 5.41) is 3.08. The van der Waals surface area contributed by atoms with Crippen LogP contribution in [0.4, 0.5) is 10.7 Å². The van der Waals surface area contributed by atoms with Gasteiger partial charge >= 0.3 is 6.03 Å². The maximum atomic E-state index is 12.6. The van der Waals surface area contributed by atoms with Crippen molar-refractivity contribution in [2.75, 3.05) is 50.8 Å². The van der Waals surface area contributed by atoms with Crippen molar-refractivity contribution in [2.24, 2.45) is 0 Å². The van der Waals surface area contributed by atoms with E-state index in [9.17, 15) is 4.79 Å². The molecule has 0 aliphatic carbocycles. The fraction of sp³-hybridized carbons (Fsp3) is 0.476. The molecule has 0 atom stereocenters. The lowest BCUT2D eigenvalue weighted by Gasteiger charge is -2.34. The Morgan fingerprint density at radius 2 is 1.86 bits per heavy atom. The monoisotopic (exact) mass is 395 g/mol. The van der Waals surface area contributed by atoms with Gasteiger partial charge in [0, 0.05) is 74.6 Å². The Hall–Kier alpha value is -3.03. The van der Waals surface area contributed by atoms with Crippen LogP contribution in [0.2, 0.25) is 0 Å². The number of hydrogen-bond donors (Lipinski definition) is 1. The molecule has 1 fully saturated rings. The predicted molar refractivity (Wildman–Crippen MR) is 108 cm³/mol. The minimum Gasteiger partial charge on any atom is -0.493 e. The quantitative estimate of drug-likeness (QED) is 0.844. The van der Waals surface area contributed by atoms with Gasteiger partial charge in [-0.25, -0.2) is 14.8 Å². The van der Waals surface area contributed by atoms with E-state index in [4.69, 9.17) is 9.47 Å². The lowest BCUT2D eigenvalue weighted by Crippen LogP contribution is -2.52. The van der Waals surface area contributed by atoms with Gasteiger partial charge in [0.25, 0.3) is 0 Å². The van der Waals surface area contributed by atoms with E-state index in [0.717, 1.165) is 63.0 Å². The van der Waals surface area contributed by atoms with Gasteiger partial charge in [-0.15, -0.1) is 0 Å². The number of urea groups is 1. The number of aromatic nitrogens is 2. The fourth-order valence-electron chi connectivity index (χ4n) is 4.32. The number of fused-ring (bicyclic) bond motifs is 2. The molecule has 1 aromatic heterocycles. The number of hydrogen-bond acceptors (Lipinski definition) is 6. The van der Waals surface area contributed by atoms with Crippen molar-refractivity contribution >= 4 is 12.0 Å². The maximum absolute atomic E-state index is 12.6. The van der Waals surface area contributed by atoms with Crippen LogP contribution >= 0.6 is 0 Å². The molecule has 29 heavy (non-hydrogen) atoms. The Morgan fingerprint density at radius 1 is 1.07 bits per heavy atom. The molecule has 3 aliphatic rings. The SMILES string of the molecule is O=C(NCCc1c2c(cc3c1OCC3)OCC2)N1CCN(c2ncccn2)CC1. The summed E-state index contributed by atoms with van der Waals surface area (Å²) in [5.74, 6) is 2.73. The van der Waals surface area contributed by atoms with Crippen molar-refractivity contribution in [3.05, 3.63) is 41.2 Å². The van der Waals surface area contributed by atoms with E-state index in [-0.39, 0.29) is 6.03 Å². The maximum Gasteiger partial charge on any atom is 0.317 e. The summed E-state index contributed by atoms with van der Waals surface area (Å²) in [5.41, 5.74) is 3.68. The normalized spacial score (nSPS) is 17.4. The third-order valence-corrected chi connectivity index (χ3v) is 5.81. The summed E-state index contributed by atoms with van der Waals surface area (Å²) in [6, 6.07) is 3.92. The number of carbonyl (C=O) groups excluding carboxylic acids is 1. The second kappa shape index (κ2) is 7.77. The van der Waals surface area contributed by atoms with Crippen molar-refractivity contribution in [3.8, 4) is 11.5 Å². The molecule has 0 bridgehead atoms. The third kappa shape index (κ3) is 3.54. The van der Waals surface area contributed by atoms with Crippen LogP contribution in [0, 0.1) is 0 Å². The molecule has 0 radical (unpaired) electrons. The van der Waals surface area contributed by atoms with Crippen LogP contribution in [0.3, 0.4) is 0 Å². The highest BCUT2D eigenvalue weighted by Gasteiger charge is 2.27. The lowest BCUT2D eigenvalue weighted by atomic mass is 9.97. The number of rotatable bonds is 4. The molecular weight excluding hydrogens is 370 g/mol. The molecule has 8 nitrogen and oxygen atoms in total. The Balaban J connectivity index is 1.16. The number of carbonyl (C=O) groups is 1. The Labute approximate surface area is 169 Å². The van der Waals surface area contributed by atoms with E-state index < -0.39 is 0 Å². The van der Waals surface area contributed by atoms with E-state index in [2.05, 4.69) is 26.3 Å². The van der Waals surface area contributed by atoms with E-state index in [0.29, 0.717) is 19.6 Å². The standard InChI is InChI=1S/C21H25N5O3/c27-21(26-10-8-25(9-11-26)20-22-5-1-6-23-20)24-7-2-17-16-4-13-28-18(16)14-15-3-12-29-19(15)17/h1,5-6,14H,2-4,7-13H2,(H,24,27). The molecule has 1 saturated heterocycles. The Kier molecular flexibility index (Phi) is 4.83. The second-order valence-electron chi connectivity index (χ2n) is 7.52. The van der Waals surface area contributed by atoms with Gasteiger partial charge in [0.2, 0.25) is 5.95 Å². The van der Waals surface area contributed by atoms with Crippen molar-refractivity contribution in [1.29, 1.82) is 0 Å². The zero-order chi connectivity index (χ0) is 19.6. The first kappa shape index (κ1) is 18.0. The van der Waals surface area contributed by atoms with Crippen LogP contribution in [0.1, 0.15) is 16.7 Å². The minimum absolute atomic E-state index is 0.0139. The molecule has 2 amide bonds. The van der Waals surface area contributed by atoms with Gasteiger partial charge in [0.1, 0.15) is 11.5 Å². The first-order valence-electron chi connectivity index (χ1n) is 10.3. The first-order chi connectivity index (χ1) is 14.3. The molecule has 3 aliphatic heterocycles. The summed E-state index contributed by atoms with van der Waals surface area (Å²) in [4.78, 5) is 25.1. The van der Waals surface area contributed by atoms with E-state index in [1.807, 2.05) is 11.0 Å². The number of nitrogens with one attached hydrogen (secondary N) is 1. The van der Waals surface area contributed by atoms with Crippen molar-refractivity contribution in [2.45, 2.75) is 19.3 Å². The largest absolute Gasteiger partial charge is 0.493 e. The molecule has 4 heterocycles. The molecule has 152 valence electrons. The summed E-state index contributed by atoms with van der Waals surface area (Å²) < 4.78 is 11.7. The van der Waals surface area contributed by atoms with Gasteiger partial charge in [-0.05, 0) is 18.6 Å². The molecule has 1 N–H and O–H groups in total. The average Bonchev–Trinajstić information content (AvgIpc) is 3.43. The zero-order valence-electron chi connectivity index (χ0n) is 16.4. The minimum atomic E-state index is -0.0139. The van der Waals surface area contributed by atoms with Crippen LogP contribution in [-0.2, 0) is 19.3 Å². The van der Waals surface area contributed by atoms with Crippen LogP contribution in [-0.4, -0.2) is 66.8 Å². The lowest BCUT2D eigenvalue weighted by molar-refractivity contribution is 0.194. The average molecular weight is 395 g/mol. The number of benzene rings is 1. The van der Waals surface area contributed by atoms with Gasteiger partial charge in [-0.1, -0.05) is 0 Å². The van der Waals surface area contributed by atoms with E-state index in [1.165, 1.54) is 16.7 Å². The molecule has 0 saturated carbocycles. The second-order valence-corrected chi connectivity index (χ2v) is 7.52. The van der Waals surface area contributed by atoms with Gasteiger partial charge in [-0.2, -0.15) is 0 Å². The zero-order valence-corrected chi connectivity index (χ0v) is 16.4. The topological polar surface area (TPSA) is 79.8 Å². The van der Waals surface area contributed by atoms with Gasteiger partial charge < -0.3 is 24.6 Å².